The third kappa shape index (κ3) is 4.73. The number of amides is 2. The molecule has 0 unspecified atom stereocenters. The predicted molar refractivity (Wildman–Crippen MR) is 110 cm³/mol. The van der Waals surface area contributed by atoms with Crippen molar-refractivity contribution in [2.24, 2.45) is 0 Å². The summed E-state index contributed by atoms with van der Waals surface area (Å²) in [7, 11) is 0. The maximum atomic E-state index is 12.3. The molecule has 1 heterocycles. The largest absolute Gasteiger partial charge is 0.454 e. The highest BCUT2D eigenvalue weighted by Gasteiger charge is 2.14. The number of hydrogen-bond acceptors (Lipinski definition) is 4. The summed E-state index contributed by atoms with van der Waals surface area (Å²) in [4.78, 5) is 24.6. The molecule has 3 aromatic rings. The fraction of sp³-hybridized carbons (Fsp3) is 0.130. The van der Waals surface area contributed by atoms with Crippen LogP contribution in [-0.4, -0.2) is 18.6 Å². The van der Waals surface area contributed by atoms with Crippen molar-refractivity contribution in [1.82, 2.24) is 0 Å². The maximum Gasteiger partial charge on any atom is 0.255 e. The van der Waals surface area contributed by atoms with E-state index in [1.165, 1.54) is 0 Å². The smallest absolute Gasteiger partial charge is 0.255 e. The van der Waals surface area contributed by atoms with Gasteiger partial charge in [-0.25, -0.2) is 0 Å². The Labute approximate surface area is 168 Å². The molecule has 0 bridgehead atoms. The van der Waals surface area contributed by atoms with Gasteiger partial charge in [0, 0.05) is 23.4 Å². The van der Waals surface area contributed by atoms with E-state index in [1.54, 1.807) is 36.4 Å². The first-order chi connectivity index (χ1) is 14.2. The Kier molecular flexibility index (Phi) is 5.42. The van der Waals surface area contributed by atoms with Crippen LogP contribution in [0.15, 0.2) is 72.8 Å². The Balaban J connectivity index is 1.32. The van der Waals surface area contributed by atoms with Crippen molar-refractivity contribution in [3.63, 3.8) is 0 Å². The van der Waals surface area contributed by atoms with E-state index < -0.39 is 0 Å². The summed E-state index contributed by atoms with van der Waals surface area (Å²) in [5, 5.41) is 5.71. The average Bonchev–Trinajstić information content (AvgIpc) is 3.21. The molecule has 0 saturated carbocycles. The molecule has 29 heavy (non-hydrogen) atoms. The van der Waals surface area contributed by atoms with Crippen LogP contribution < -0.4 is 20.1 Å². The normalized spacial score (nSPS) is 11.7. The number of carbonyl (C=O) groups is 2. The van der Waals surface area contributed by atoms with Gasteiger partial charge in [0.1, 0.15) is 0 Å². The van der Waals surface area contributed by atoms with E-state index in [2.05, 4.69) is 10.6 Å². The van der Waals surface area contributed by atoms with E-state index >= 15 is 0 Å². The first-order valence-corrected chi connectivity index (χ1v) is 9.32. The van der Waals surface area contributed by atoms with Crippen molar-refractivity contribution in [3.05, 3.63) is 83.9 Å². The van der Waals surface area contributed by atoms with E-state index in [0.29, 0.717) is 35.5 Å². The van der Waals surface area contributed by atoms with Gasteiger partial charge in [0.25, 0.3) is 5.91 Å². The molecule has 0 aliphatic carbocycles. The lowest BCUT2D eigenvalue weighted by Crippen LogP contribution is -2.14. The quantitative estimate of drug-likeness (QED) is 0.662. The zero-order valence-electron chi connectivity index (χ0n) is 15.7. The number of benzene rings is 3. The van der Waals surface area contributed by atoms with Crippen LogP contribution in [0.1, 0.15) is 22.3 Å². The lowest BCUT2D eigenvalue weighted by atomic mass is 10.1. The zero-order valence-corrected chi connectivity index (χ0v) is 15.7. The number of carbonyl (C=O) groups excluding carboxylic acids is 2. The number of anilines is 2. The third-order valence-corrected chi connectivity index (χ3v) is 4.52. The minimum absolute atomic E-state index is 0.103. The highest BCUT2D eigenvalue weighted by molar-refractivity contribution is 6.04. The molecule has 0 saturated heterocycles. The highest BCUT2D eigenvalue weighted by Crippen LogP contribution is 2.32. The summed E-state index contributed by atoms with van der Waals surface area (Å²) in [5.74, 6) is 1.14. The van der Waals surface area contributed by atoms with Crippen molar-refractivity contribution in [1.29, 1.82) is 0 Å². The number of ether oxygens (including phenoxy) is 2. The molecule has 0 aromatic heterocycles. The van der Waals surface area contributed by atoms with Gasteiger partial charge in [-0.15, -0.1) is 0 Å². The van der Waals surface area contributed by atoms with Gasteiger partial charge in [0.2, 0.25) is 12.7 Å². The number of fused-ring (bicyclic) bond motifs is 1. The van der Waals surface area contributed by atoms with Crippen LogP contribution in [0.2, 0.25) is 0 Å². The van der Waals surface area contributed by atoms with Crippen LogP contribution in [0.4, 0.5) is 11.4 Å². The zero-order chi connectivity index (χ0) is 20.1. The molecule has 6 nitrogen and oxygen atoms in total. The molecule has 1 aliphatic rings. The van der Waals surface area contributed by atoms with Gasteiger partial charge in [0.15, 0.2) is 11.5 Å². The van der Waals surface area contributed by atoms with Gasteiger partial charge >= 0.3 is 0 Å². The van der Waals surface area contributed by atoms with E-state index in [0.717, 1.165) is 11.3 Å². The minimum Gasteiger partial charge on any atom is -0.454 e. The van der Waals surface area contributed by atoms with Crippen LogP contribution in [0, 0.1) is 0 Å². The molecule has 4 rings (SSSR count). The summed E-state index contributed by atoms with van der Waals surface area (Å²) in [6.07, 6.45) is 0.924. The van der Waals surface area contributed by atoms with E-state index in [-0.39, 0.29) is 18.6 Å². The van der Waals surface area contributed by atoms with E-state index in [1.807, 2.05) is 36.4 Å². The molecule has 0 spiro atoms. The van der Waals surface area contributed by atoms with Gasteiger partial charge < -0.3 is 20.1 Å². The second-order valence-electron chi connectivity index (χ2n) is 6.64. The van der Waals surface area contributed by atoms with Crippen LogP contribution >= 0.6 is 0 Å². The van der Waals surface area contributed by atoms with Gasteiger partial charge in [-0.3, -0.25) is 9.59 Å². The Morgan fingerprint density at radius 3 is 2.38 bits per heavy atom. The lowest BCUT2D eigenvalue weighted by Gasteiger charge is -2.09. The molecule has 2 amide bonds. The standard InChI is InChI=1S/C23H20N2O4/c26-22(12-10-16-9-11-20-21(13-16)29-15-28-20)24-18-7-4-8-19(14-18)25-23(27)17-5-2-1-3-6-17/h1-9,11,13-14H,10,12,15H2,(H,24,26)(H,25,27). The lowest BCUT2D eigenvalue weighted by molar-refractivity contribution is -0.116. The fourth-order valence-corrected chi connectivity index (χ4v) is 3.05. The molecule has 3 aromatic carbocycles. The fourth-order valence-electron chi connectivity index (χ4n) is 3.05. The summed E-state index contributed by atoms with van der Waals surface area (Å²) < 4.78 is 10.7. The van der Waals surface area contributed by atoms with Gasteiger partial charge in [0.05, 0.1) is 0 Å². The molecular formula is C23H20N2O4. The summed E-state index contributed by atoms with van der Waals surface area (Å²) >= 11 is 0. The summed E-state index contributed by atoms with van der Waals surface area (Å²) in [6, 6.07) is 21.7. The number of hydrogen-bond donors (Lipinski definition) is 2. The topological polar surface area (TPSA) is 76.7 Å². The number of nitrogens with one attached hydrogen (secondary N) is 2. The molecule has 0 atom stereocenters. The predicted octanol–water partition coefficient (Wildman–Crippen LogP) is 4.24. The molecule has 0 fully saturated rings. The Morgan fingerprint density at radius 1 is 0.793 bits per heavy atom. The van der Waals surface area contributed by atoms with Crippen LogP contribution in [0.5, 0.6) is 11.5 Å². The third-order valence-electron chi connectivity index (χ3n) is 4.52. The Hall–Kier alpha value is -3.80. The van der Waals surface area contributed by atoms with Crippen LogP contribution in [0.3, 0.4) is 0 Å². The first kappa shape index (κ1) is 18.6. The van der Waals surface area contributed by atoms with Gasteiger partial charge in [-0.1, -0.05) is 30.3 Å². The van der Waals surface area contributed by atoms with Crippen molar-refractivity contribution in [2.75, 3.05) is 17.4 Å². The van der Waals surface area contributed by atoms with Crippen molar-refractivity contribution in [3.8, 4) is 11.5 Å². The van der Waals surface area contributed by atoms with E-state index in [4.69, 9.17) is 9.47 Å². The second kappa shape index (κ2) is 8.48. The summed E-state index contributed by atoms with van der Waals surface area (Å²) in [6.45, 7) is 0.233. The Morgan fingerprint density at radius 2 is 1.55 bits per heavy atom. The minimum atomic E-state index is -0.197. The van der Waals surface area contributed by atoms with E-state index in [9.17, 15) is 9.59 Å². The molecule has 0 radical (unpaired) electrons. The Bertz CT molecular complexity index is 1030. The highest BCUT2D eigenvalue weighted by atomic mass is 16.7. The summed E-state index contributed by atoms with van der Waals surface area (Å²) in [5.41, 5.74) is 2.83. The van der Waals surface area contributed by atoms with Crippen molar-refractivity contribution in [2.45, 2.75) is 12.8 Å². The van der Waals surface area contributed by atoms with Crippen molar-refractivity contribution >= 4 is 23.2 Å². The molecular weight excluding hydrogens is 368 g/mol. The molecule has 6 heteroatoms. The second-order valence-corrected chi connectivity index (χ2v) is 6.64. The van der Waals surface area contributed by atoms with Gasteiger partial charge in [-0.2, -0.15) is 0 Å². The molecule has 2 N–H and O–H groups in total. The maximum absolute atomic E-state index is 12.3. The number of aryl methyl sites for hydroxylation is 1. The van der Waals surface area contributed by atoms with Crippen molar-refractivity contribution < 1.29 is 19.1 Å². The first-order valence-electron chi connectivity index (χ1n) is 9.32. The SMILES string of the molecule is O=C(CCc1ccc2c(c1)OCO2)Nc1cccc(NC(=O)c2ccccc2)c1. The van der Waals surface area contributed by atoms with Crippen LogP contribution in [0.25, 0.3) is 0 Å². The van der Waals surface area contributed by atoms with Crippen LogP contribution in [-0.2, 0) is 11.2 Å². The molecule has 146 valence electrons. The number of rotatable bonds is 6. The average molecular weight is 388 g/mol. The van der Waals surface area contributed by atoms with Gasteiger partial charge in [-0.05, 0) is 54.4 Å². The molecule has 1 aliphatic heterocycles. The monoisotopic (exact) mass is 388 g/mol.